The number of allylic oxidation sites excluding steroid dienone is 2. The Hall–Kier alpha value is -0.223. The van der Waals surface area contributed by atoms with Gasteiger partial charge in [0.15, 0.2) is 13.4 Å². The van der Waals surface area contributed by atoms with Crippen LogP contribution in [0, 0.1) is 0 Å². The van der Waals surface area contributed by atoms with E-state index in [-0.39, 0.29) is 26.2 Å². The van der Waals surface area contributed by atoms with E-state index in [1.165, 1.54) is 32.7 Å². The van der Waals surface area contributed by atoms with Gasteiger partial charge in [0.05, 0.1) is 14.4 Å². The van der Waals surface area contributed by atoms with Gasteiger partial charge in [-0.25, -0.2) is 0 Å². The summed E-state index contributed by atoms with van der Waals surface area (Å²) in [5.74, 6) is 0. The van der Waals surface area contributed by atoms with Crippen molar-refractivity contribution in [1.82, 2.24) is 0 Å². The molecule has 2 aliphatic carbocycles. The zero-order valence-electron chi connectivity index (χ0n) is 19.0. The molecule has 2 aromatic carbocycles. The number of hydrogen-bond acceptors (Lipinski definition) is 1. The summed E-state index contributed by atoms with van der Waals surface area (Å²) >= 11 is 14.8. The molecule has 0 saturated carbocycles. The Morgan fingerprint density at radius 2 is 1.58 bits per heavy atom. The molecule has 2 aromatic rings. The van der Waals surface area contributed by atoms with Crippen molar-refractivity contribution in [1.29, 1.82) is 0 Å². The fourth-order valence-electron chi connectivity index (χ4n) is 4.92. The topological polar surface area (TPSA) is 9.23 Å². The van der Waals surface area contributed by atoms with Crippen LogP contribution < -0.4 is 0 Å². The molecule has 0 spiro atoms. The van der Waals surface area contributed by atoms with Gasteiger partial charge in [-0.05, 0) is 60.4 Å². The van der Waals surface area contributed by atoms with Crippen molar-refractivity contribution < 1.29 is 30.6 Å². The molecule has 0 saturated heterocycles. The Morgan fingerprint density at radius 3 is 2.23 bits per heavy atom. The average Bonchev–Trinajstić information content (AvgIpc) is 3.06. The van der Waals surface area contributed by atoms with Crippen LogP contribution in [0.15, 0.2) is 58.9 Å². The van der Waals surface area contributed by atoms with Crippen molar-refractivity contribution in [2.75, 3.05) is 0 Å². The molecule has 31 heavy (non-hydrogen) atoms. The van der Waals surface area contributed by atoms with Crippen molar-refractivity contribution in [3.05, 3.63) is 81.2 Å². The Kier molecular flexibility index (Phi) is 7.54. The monoisotopic (exact) mass is 562 g/mol. The van der Waals surface area contributed by atoms with E-state index in [9.17, 15) is 0 Å². The van der Waals surface area contributed by atoms with Gasteiger partial charge in [-0.3, -0.25) is 0 Å². The molecule has 162 valence electrons. The Labute approximate surface area is 219 Å². The summed E-state index contributed by atoms with van der Waals surface area (Å²) in [6, 6.07) is 17.0. The third kappa shape index (κ3) is 4.46. The van der Waals surface area contributed by atoms with Crippen LogP contribution in [-0.4, -0.2) is 17.8 Å². The van der Waals surface area contributed by atoms with Gasteiger partial charge in [0, 0.05) is 31.8 Å². The van der Waals surface area contributed by atoms with Crippen LogP contribution in [-0.2, 0) is 40.6 Å². The zero-order chi connectivity index (χ0) is 21.7. The number of alkyl halides is 2. The number of fused-ring (bicyclic) bond motifs is 2. The third-order valence-electron chi connectivity index (χ3n) is 6.15. The van der Waals surface area contributed by atoms with Gasteiger partial charge < -0.3 is 4.43 Å². The average molecular weight is 565 g/mol. The van der Waals surface area contributed by atoms with Gasteiger partial charge in [0.1, 0.15) is 0 Å². The van der Waals surface area contributed by atoms with Crippen molar-refractivity contribution in [2.45, 2.75) is 56.3 Å². The molecule has 6 heteroatoms. The van der Waals surface area contributed by atoms with E-state index in [0.29, 0.717) is 0 Å². The standard InChI is InChI=1S/C25H30Cl2OSi2.Zr/c1-6-15-24(26)20-13-9-7-11-18(20)16-22(24)29-23-17(2)19-12-8-10-14-21(19)25(23,27)28-30(3,4)5;/h7-14,16H,6,15,29H2,1-5H3;. The first-order chi connectivity index (χ1) is 14.1. The number of rotatable bonds is 6. The van der Waals surface area contributed by atoms with Crippen molar-refractivity contribution >= 4 is 52.7 Å². The third-order valence-corrected chi connectivity index (χ3v) is 11.4. The minimum atomic E-state index is -1.90. The maximum absolute atomic E-state index is 7.43. The predicted octanol–water partition coefficient (Wildman–Crippen LogP) is 7.13. The van der Waals surface area contributed by atoms with Gasteiger partial charge in [0.2, 0.25) is 0 Å². The van der Waals surface area contributed by atoms with Crippen LogP contribution in [0.5, 0.6) is 0 Å². The van der Waals surface area contributed by atoms with E-state index in [2.05, 4.69) is 88.1 Å². The molecule has 0 heterocycles. The minimum Gasteiger partial charge on any atom is -0.393 e. The molecule has 0 aromatic heterocycles. The van der Waals surface area contributed by atoms with Crippen LogP contribution in [0.25, 0.3) is 11.6 Å². The molecule has 1 nitrogen and oxygen atoms in total. The van der Waals surface area contributed by atoms with Crippen LogP contribution in [0.1, 0.15) is 48.9 Å². The summed E-state index contributed by atoms with van der Waals surface area (Å²) in [4.78, 5) is -0.420. The molecule has 0 amide bonds. The molecule has 2 atom stereocenters. The van der Waals surface area contributed by atoms with Crippen molar-refractivity contribution in [3.8, 4) is 0 Å². The molecule has 2 aliphatic rings. The Morgan fingerprint density at radius 1 is 0.968 bits per heavy atom. The first kappa shape index (κ1) is 25.4. The van der Waals surface area contributed by atoms with E-state index in [1.807, 2.05) is 0 Å². The fourth-order valence-corrected chi connectivity index (χ4v) is 10.3. The van der Waals surface area contributed by atoms with Gasteiger partial charge in [-0.15, -0.1) is 11.6 Å². The molecule has 2 unspecified atom stereocenters. The predicted molar refractivity (Wildman–Crippen MR) is 136 cm³/mol. The van der Waals surface area contributed by atoms with E-state index in [1.54, 1.807) is 0 Å². The molecule has 0 bridgehead atoms. The zero-order valence-corrected chi connectivity index (χ0v) is 25.4. The Bertz CT molecular complexity index is 1060. The minimum absolute atomic E-state index is 0. The smallest absolute Gasteiger partial charge is 0.186 e. The summed E-state index contributed by atoms with van der Waals surface area (Å²) < 4.78 is 6.72. The maximum atomic E-state index is 7.43. The van der Waals surface area contributed by atoms with Gasteiger partial charge in [-0.2, -0.15) is 0 Å². The van der Waals surface area contributed by atoms with Crippen molar-refractivity contribution in [2.24, 2.45) is 0 Å². The molecule has 0 radical (unpaired) electrons. The van der Waals surface area contributed by atoms with Crippen LogP contribution >= 0.6 is 23.2 Å². The number of benzene rings is 2. The van der Waals surface area contributed by atoms with Crippen LogP contribution in [0.3, 0.4) is 0 Å². The van der Waals surface area contributed by atoms with Crippen LogP contribution in [0.2, 0.25) is 19.6 Å². The van der Waals surface area contributed by atoms with E-state index in [4.69, 9.17) is 27.6 Å². The van der Waals surface area contributed by atoms with E-state index < -0.39 is 27.8 Å². The molecule has 4 rings (SSSR count). The van der Waals surface area contributed by atoms with E-state index >= 15 is 0 Å². The molecule has 0 fully saturated rings. The second-order valence-electron chi connectivity index (χ2n) is 9.44. The summed E-state index contributed by atoms with van der Waals surface area (Å²) in [6.45, 7) is 11.0. The summed E-state index contributed by atoms with van der Waals surface area (Å²) in [6.07, 6.45) is 4.31. The van der Waals surface area contributed by atoms with Gasteiger partial charge in [-0.1, -0.05) is 84.7 Å². The number of hydrogen-bond donors (Lipinski definition) is 0. The fraction of sp³-hybridized carbons (Fsp3) is 0.360. The summed E-state index contributed by atoms with van der Waals surface area (Å²) in [7, 11) is -2.84. The second-order valence-corrected chi connectivity index (χ2v) is 16.9. The van der Waals surface area contributed by atoms with Crippen LogP contribution in [0.4, 0.5) is 0 Å². The SMILES string of the molecule is CCCC1(Cl)C([SiH2]C2=C(C)c3ccccc3C2(Cl)O[Si](C)(C)C)=Cc2ccccc21.[Zr]. The second kappa shape index (κ2) is 9.20. The van der Waals surface area contributed by atoms with Crippen molar-refractivity contribution in [3.63, 3.8) is 0 Å². The summed E-state index contributed by atoms with van der Waals surface area (Å²) in [5, 5.41) is 1.77. The first-order valence-corrected chi connectivity index (χ1v) is 16.4. The molecule has 0 N–H and O–H groups in total. The molecular weight excluding hydrogens is 535 g/mol. The molecule has 0 aliphatic heterocycles. The van der Waals surface area contributed by atoms with E-state index in [0.717, 1.165) is 18.4 Å². The quantitative estimate of drug-likeness (QED) is 0.268. The van der Waals surface area contributed by atoms with Gasteiger partial charge in [0.25, 0.3) is 0 Å². The summed E-state index contributed by atoms with van der Waals surface area (Å²) in [5.41, 5.74) is 6.10. The Balaban J connectivity index is 0.00000272. The first-order valence-electron chi connectivity index (χ1n) is 10.8. The maximum Gasteiger partial charge on any atom is 0.186 e. The normalized spacial score (nSPS) is 24.9. The number of halogens is 2. The largest absolute Gasteiger partial charge is 0.393 e. The molecular formula is C25H30Cl2OSi2Zr. The van der Waals surface area contributed by atoms with Gasteiger partial charge >= 0.3 is 0 Å².